The molecule has 15 heavy (non-hydrogen) atoms. The van der Waals surface area contributed by atoms with E-state index in [1.165, 1.54) is 12.0 Å². The molecule has 80 valence electrons. The molecule has 0 atom stereocenters. The molecular weight excluding hydrogens is 179 g/mol. The molecule has 0 aliphatic heterocycles. The van der Waals surface area contributed by atoms with Gasteiger partial charge in [-0.15, -0.1) is 0 Å². The van der Waals surface area contributed by atoms with Gasteiger partial charge in [0.05, 0.1) is 6.61 Å². The van der Waals surface area contributed by atoms with Gasteiger partial charge >= 0.3 is 18.9 Å². The maximum absolute atomic E-state index is 8.76. The Kier molecular flexibility index (Phi) is 13.6. The topological polar surface area (TPSA) is 20.2 Å². The van der Waals surface area contributed by atoms with E-state index in [0.717, 1.165) is 18.4 Å². The summed E-state index contributed by atoms with van der Waals surface area (Å²) in [5.41, 5.74) is 2.28. The molecule has 2 heteroatoms. The van der Waals surface area contributed by atoms with Gasteiger partial charge in [0.1, 0.15) is 0 Å². The van der Waals surface area contributed by atoms with Gasteiger partial charge in [0.25, 0.3) is 0 Å². The Balaban J connectivity index is 0. The van der Waals surface area contributed by atoms with E-state index in [4.69, 9.17) is 5.11 Å². The van der Waals surface area contributed by atoms with Gasteiger partial charge in [0.2, 0.25) is 0 Å². The Morgan fingerprint density at radius 3 is 2.13 bits per heavy atom. The first kappa shape index (κ1) is 17.2. The van der Waals surface area contributed by atoms with Crippen LogP contribution in [0.5, 0.6) is 0 Å². The predicted molar refractivity (Wildman–Crippen MR) is 62.0 cm³/mol. The summed E-state index contributed by atoms with van der Waals surface area (Å²) >= 11 is 0. The number of aryl methyl sites for hydroxylation is 1. The minimum Gasteiger partial charge on any atom is -0.392 e. The number of aliphatic hydroxyl groups excluding tert-OH is 1. The van der Waals surface area contributed by atoms with Crippen molar-refractivity contribution in [2.45, 2.75) is 39.7 Å². The zero-order valence-corrected chi connectivity index (χ0v) is 10.3. The van der Waals surface area contributed by atoms with E-state index >= 15 is 0 Å². The first-order valence-corrected chi connectivity index (χ1v) is 5.26. The molecule has 0 heterocycles. The van der Waals surface area contributed by atoms with Crippen LogP contribution in [-0.4, -0.2) is 5.11 Å². The Morgan fingerprint density at radius 1 is 1.20 bits per heavy atom. The van der Waals surface area contributed by atoms with Gasteiger partial charge in [-0.2, -0.15) is 6.42 Å². The minimum absolute atomic E-state index is 0. The Bertz CT molecular complexity index is 214. The number of rotatable bonds is 3. The van der Waals surface area contributed by atoms with Gasteiger partial charge in [-0.25, -0.2) is 0 Å². The van der Waals surface area contributed by atoms with Crippen molar-refractivity contribution in [1.82, 2.24) is 0 Å². The summed E-state index contributed by atoms with van der Waals surface area (Å²) in [6.07, 6.45) is 3.31. The van der Waals surface area contributed by atoms with Crippen LogP contribution in [0.4, 0.5) is 0 Å². The molecule has 0 bridgehead atoms. The van der Waals surface area contributed by atoms with Crippen molar-refractivity contribution in [3.8, 4) is 0 Å². The number of aliphatic hydroxyl groups is 1. The Morgan fingerprint density at radius 2 is 1.73 bits per heavy atom. The average Bonchev–Trinajstić information content (AvgIpc) is 2.29. The van der Waals surface area contributed by atoms with Crippen LogP contribution in [0.2, 0.25) is 0 Å². The van der Waals surface area contributed by atoms with Gasteiger partial charge in [-0.3, -0.25) is 0 Å². The summed E-state index contributed by atoms with van der Waals surface area (Å²) < 4.78 is 0. The maximum atomic E-state index is 8.76. The summed E-state index contributed by atoms with van der Waals surface area (Å²) in [4.78, 5) is 0. The monoisotopic (exact) mass is 200 g/mol. The number of unbranched alkanes of at least 4 members (excludes halogenated alkanes) is 1. The first-order chi connectivity index (χ1) is 6.78. The Hall–Kier alpha value is -0.223. The van der Waals surface area contributed by atoms with Crippen LogP contribution in [0, 0.1) is 6.92 Å². The molecule has 1 aromatic rings. The van der Waals surface area contributed by atoms with Crippen molar-refractivity contribution in [1.29, 1.82) is 0 Å². The second-order valence-corrected chi connectivity index (χ2v) is 3.19. The SMILES string of the molecule is CCc1cccc(CO)c1.[CH2-]CCC.[Li+]. The summed E-state index contributed by atoms with van der Waals surface area (Å²) in [6, 6.07) is 8.00. The molecular formula is C13H21LiO. The van der Waals surface area contributed by atoms with Crippen LogP contribution >= 0.6 is 0 Å². The molecule has 0 spiro atoms. The third kappa shape index (κ3) is 8.75. The van der Waals surface area contributed by atoms with E-state index in [-0.39, 0.29) is 25.5 Å². The van der Waals surface area contributed by atoms with E-state index in [2.05, 4.69) is 26.8 Å². The normalized spacial score (nSPS) is 8.53. The van der Waals surface area contributed by atoms with E-state index in [0.29, 0.717) is 0 Å². The van der Waals surface area contributed by atoms with E-state index in [9.17, 15) is 0 Å². The Labute approximate surface area is 106 Å². The van der Waals surface area contributed by atoms with E-state index in [1.54, 1.807) is 0 Å². The van der Waals surface area contributed by atoms with Crippen LogP contribution in [-0.2, 0) is 13.0 Å². The second kappa shape index (κ2) is 11.8. The zero-order chi connectivity index (χ0) is 10.8. The number of hydrogen-bond donors (Lipinski definition) is 1. The molecule has 0 aromatic heterocycles. The van der Waals surface area contributed by atoms with Gasteiger partial charge in [0, 0.05) is 0 Å². The van der Waals surface area contributed by atoms with Crippen LogP contribution in [0.15, 0.2) is 24.3 Å². The van der Waals surface area contributed by atoms with Crippen LogP contribution < -0.4 is 18.9 Å². The summed E-state index contributed by atoms with van der Waals surface area (Å²) in [5, 5.41) is 8.76. The summed E-state index contributed by atoms with van der Waals surface area (Å²) in [5.74, 6) is 0. The third-order valence-electron chi connectivity index (χ3n) is 1.94. The van der Waals surface area contributed by atoms with Crippen molar-refractivity contribution in [3.05, 3.63) is 42.3 Å². The van der Waals surface area contributed by atoms with Crippen molar-refractivity contribution >= 4 is 0 Å². The first-order valence-electron chi connectivity index (χ1n) is 5.26. The molecule has 0 amide bonds. The van der Waals surface area contributed by atoms with E-state index in [1.807, 2.05) is 18.2 Å². The second-order valence-electron chi connectivity index (χ2n) is 3.19. The van der Waals surface area contributed by atoms with Gasteiger partial charge in [-0.1, -0.05) is 44.5 Å². The quantitative estimate of drug-likeness (QED) is 0.552. The molecule has 1 N–H and O–H groups in total. The summed E-state index contributed by atoms with van der Waals surface area (Å²) in [7, 11) is 0. The summed E-state index contributed by atoms with van der Waals surface area (Å²) in [6.45, 7) is 7.98. The molecule has 1 rings (SSSR count). The smallest absolute Gasteiger partial charge is 0.392 e. The molecule has 0 aliphatic rings. The maximum Gasteiger partial charge on any atom is 1.00 e. The van der Waals surface area contributed by atoms with Gasteiger partial charge in [-0.05, 0) is 17.5 Å². The average molecular weight is 200 g/mol. The number of benzene rings is 1. The largest absolute Gasteiger partial charge is 1.00 e. The van der Waals surface area contributed by atoms with Crippen LogP contribution in [0.25, 0.3) is 0 Å². The van der Waals surface area contributed by atoms with Crippen molar-refractivity contribution in [3.63, 3.8) is 0 Å². The molecule has 1 nitrogen and oxygen atoms in total. The molecule has 0 aliphatic carbocycles. The van der Waals surface area contributed by atoms with Crippen molar-refractivity contribution in [2.24, 2.45) is 0 Å². The molecule has 0 saturated carbocycles. The third-order valence-corrected chi connectivity index (χ3v) is 1.94. The van der Waals surface area contributed by atoms with Crippen molar-refractivity contribution < 1.29 is 24.0 Å². The molecule has 0 radical (unpaired) electrons. The van der Waals surface area contributed by atoms with Gasteiger partial charge < -0.3 is 12.0 Å². The minimum atomic E-state index is 0. The zero-order valence-electron chi connectivity index (χ0n) is 10.3. The van der Waals surface area contributed by atoms with Crippen molar-refractivity contribution in [2.75, 3.05) is 0 Å². The molecule has 1 aromatic carbocycles. The predicted octanol–water partition coefficient (Wildman–Crippen LogP) is 0.366. The number of hydrogen-bond acceptors (Lipinski definition) is 1. The van der Waals surface area contributed by atoms with Gasteiger partial charge in [0.15, 0.2) is 0 Å². The fourth-order valence-electron chi connectivity index (χ4n) is 0.948. The van der Waals surface area contributed by atoms with Crippen LogP contribution in [0.3, 0.4) is 0 Å². The molecule has 0 unspecified atom stereocenters. The molecule has 0 saturated heterocycles. The fraction of sp³-hybridized carbons (Fsp3) is 0.462. The van der Waals surface area contributed by atoms with E-state index < -0.39 is 0 Å². The standard InChI is InChI=1S/C9H12O.C4H9.Li/c1-2-8-4-3-5-9(6-8)7-10;1-3-4-2;/h3-6,10H,2,7H2,1H3;1,3-4H2,2H3;/q;-1;+1. The van der Waals surface area contributed by atoms with Crippen LogP contribution in [0.1, 0.15) is 37.8 Å². The fourth-order valence-corrected chi connectivity index (χ4v) is 0.948. The molecule has 0 fully saturated rings.